The van der Waals surface area contributed by atoms with Crippen molar-refractivity contribution in [2.75, 3.05) is 13.7 Å². The van der Waals surface area contributed by atoms with Crippen molar-refractivity contribution in [3.05, 3.63) is 70.3 Å². The summed E-state index contributed by atoms with van der Waals surface area (Å²) in [5.41, 5.74) is 2.94. The molecule has 1 aliphatic rings. The molecule has 2 aromatic rings. The largest absolute Gasteiger partial charge is 0.463 e. The predicted octanol–water partition coefficient (Wildman–Crippen LogP) is 4.36. The molecule has 0 spiro atoms. The number of furan rings is 1. The molecule has 3 rings (SSSR count). The summed E-state index contributed by atoms with van der Waals surface area (Å²) in [5, 5.41) is 0. The van der Waals surface area contributed by atoms with Crippen molar-refractivity contribution < 1.29 is 28.3 Å². The molecule has 1 aromatic heterocycles. The van der Waals surface area contributed by atoms with Crippen molar-refractivity contribution in [2.45, 2.75) is 46.6 Å². The maximum absolute atomic E-state index is 13.1. The van der Waals surface area contributed by atoms with Gasteiger partial charge in [0.1, 0.15) is 5.76 Å². The average Bonchev–Trinajstić information content (AvgIpc) is 3.23. The number of hydrogen-bond donors (Lipinski definition) is 0. The Labute approximate surface area is 188 Å². The maximum Gasteiger partial charge on any atom is 0.373 e. The molecule has 0 aliphatic carbocycles. The van der Waals surface area contributed by atoms with Crippen molar-refractivity contribution in [3.63, 3.8) is 0 Å². The highest BCUT2D eigenvalue weighted by Crippen LogP contribution is 2.39. The summed E-state index contributed by atoms with van der Waals surface area (Å²) in [6.45, 7) is 8.06. The molecule has 0 saturated heterocycles. The second-order valence-electron chi connectivity index (χ2n) is 8.34. The van der Waals surface area contributed by atoms with Crippen LogP contribution in [0.5, 0.6) is 0 Å². The minimum atomic E-state index is -0.592. The third-order valence-corrected chi connectivity index (χ3v) is 5.52. The number of methoxy groups -OCH3 is 1. The zero-order valence-electron chi connectivity index (χ0n) is 19.1. The fourth-order valence-electron chi connectivity index (χ4n) is 3.86. The van der Waals surface area contributed by atoms with E-state index >= 15 is 0 Å². The number of benzene rings is 1. The molecule has 1 unspecified atom stereocenters. The van der Waals surface area contributed by atoms with Gasteiger partial charge < -0.3 is 18.8 Å². The SMILES string of the molecule is COC(=O)c1ccc(CN2C(=O)CC(c3ccccc3C)C(C(=O)OCC(C)C)=C2C)o1. The van der Waals surface area contributed by atoms with Crippen molar-refractivity contribution in [1.82, 2.24) is 4.90 Å². The second kappa shape index (κ2) is 9.85. The van der Waals surface area contributed by atoms with E-state index in [4.69, 9.17) is 9.15 Å². The third-order valence-electron chi connectivity index (χ3n) is 5.52. The van der Waals surface area contributed by atoms with Crippen molar-refractivity contribution >= 4 is 17.8 Å². The summed E-state index contributed by atoms with van der Waals surface area (Å²) >= 11 is 0. The molecule has 7 nitrogen and oxygen atoms in total. The topological polar surface area (TPSA) is 86.0 Å². The molecule has 1 amide bonds. The Morgan fingerprint density at radius 1 is 1.12 bits per heavy atom. The van der Waals surface area contributed by atoms with Gasteiger partial charge in [0.05, 0.1) is 25.8 Å². The number of ether oxygens (including phenoxy) is 2. The maximum atomic E-state index is 13.1. The van der Waals surface area contributed by atoms with Gasteiger partial charge in [-0.1, -0.05) is 38.1 Å². The number of hydrogen-bond acceptors (Lipinski definition) is 6. The quantitative estimate of drug-likeness (QED) is 0.596. The van der Waals surface area contributed by atoms with E-state index in [0.29, 0.717) is 23.6 Å². The first kappa shape index (κ1) is 23.3. The summed E-state index contributed by atoms with van der Waals surface area (Å²) in [4.78, 5) is 39.5. The van der Waals surface area contributed by atoms with Crippen LogP contribution in [-0.2, 0) is 25.6 Å². The van der Waals surface area contributed by atoms with Crippen LogP contribution in [0.2, 0.25) is 0 Å². The lowest BCUT2D eigenvalue weighted by Crippen LogP contribution is -2.38. The van der Waals surface area contributed by atoms with Crippen molar-refractivity contribution in [2.24, 2.45) is 5.92 Å². The number of carbonyl (C=O) groups is 3. The van der Waals surface area contributed by atoms with E-state index in [1.54, 1.807) is 13.0 Å². The fourth-order valence-corrected chi connectivity index (χ4v) is 3.86. The molecular formula is C25H29NO6. The van der Waals surface area contributed by atoms with E-state index in [1.807, 2.05) is 45.0 Å². The van der Waals surface area contributed by atoms with Gasteiger partial charge in [-0.25, -0.2) is 9.59 Å². The van der Waals surface area contributed by atoms with Gasteiger partial charge in [0, 0.05) is 18.0 Å². The molecule has 0 bridgehead atoms. The number of carbonyl (C=O) groups excluding carboxylic acids is 3. The second-order valence-corrected chi connectivity index (χ2v) is 8.34. The molecule has 7 heteroatoms. The molecule has 0 saturated carbocycles. The Kier molecular flexibility index (Phi) is 7.18. The predicted molar refractivity (Wildman–Crippen MR) is 118 cm³/mol. The Morgan fingerprint density at radius 3 is 2.50 bits per heavy atom. The first-order valence-electron chi connectivity index (χ1n) is 10.6. The molecule has 32 heavy (non-hydrogen) atoms. The Hall–Kier alpha value is -3.35. The summed E-state index contributed by atoms with van der Waals surface area (Å²) in [6, 6.07) is 10.9. The summed E-state index contributed by atoms with van der Waals surface area (Å²) in [6.07, 6.45) is 0.138. The lowest BCUT2D eigenvalue weighted by atomic mass is 9.82. The minimum Gasteiger partial charge on any atom is -0.463 e. The van der Waals surface area contributed by atoms with Crippen LogP contribution >= 0.6 is 0 Å². The van der Waals surface area contributed by atoms with Crippen molar-refractivity contribution in [3.8, 4) is 0 Å². The summed E-state index contributed by atoms with van der Waals surface area (Å²) in [7, 11) is 1.27. The zero-order valence-corrected chi connectivity index (χ0v) is 19.1. The molecule has 2 heterocycles. The van der Waals surface area contributed by atoms with E-state index in [1.165, 1.54) is 18.1 Å². The lowest BCUT2D eigenvalue weighted by Gasteiger charge is -2.34. The highest BCUT2D eigenvalue weighted by atomic mass is 16.5. The molecule has 0 radical (unpaired) electrons. The number of esters is 2. The Balaban J connectivity index is 1.99. The van der Waals surface area contributed by atoms with Crippen LogP contribution in [0.15, 0.2) is 52.1 Å². The van der Waals surface area contributed by atoms with Crippen LogP contribution in [0, 0.1) is 12.8 Å². The summed E-state index contributed by atoms with van der Waals surface area (Å²) in [5.74, 6) is -0.861. The molecule has 170 valence electrons. The molecule has 1 atom stereocenters. The number of amides is 1. The monoisotopic (exact) mass is 439 g/mol. The van der Waals surface area contributed by atoms with Crippen LogP contribution in [0.25, 0.3) is 0 Å². The standard InChI is InChI=1S/C25H29NO6/c1-15(2)14-31-25(29)23-17(4)26(13-18-10-11-21(32-18)24(28)30-5)22(27)12-20(23)19-9-7-6-8-16(19)3/h6-11,15,20H,12-14H2,1-5H3. The van der Waals surface area contributed by atoms with Gasteiger partial charge in [-0.05, 0) is 43.0 Å². The van der Waals surface area contributed by atoms with Crippen LogP contribution in [-0.4, -0.2) is 36.5 Å². The molecule has 0 fully saturated rings. The van der Waals surface area contributed by atoms with Crippen LogP contribution in [0.1, 0.15) is 60.6 Å². The van der Waals surface area contributed by atoms with Crippen molar-refractivity contribution in [1.29, 1.82) is 0 Å². The molecule has 0 N–H and O–H groups in total. The van der Waals surface area contributed by atoms with Crippen LogP contribution in [0.4, 0.5) is 0 Å². The molecular weight excluding hydrogens is 410 g/mol. The van der Waals surface area contributed by atoms with Gasteiger partial charge in [0.2, 0.25) is 11.7 Å². The zero-order chi connectivity index (χ0) is 23.4. The van der Waals surface area contributed by atoms with E-state index in [-0.39, 0.29) is 36.5 Å². The van der Waals surface area contributed by atoms with E-state index in [9.17, 15) is 14.4 Å². The average molecular weight is 440 g/mol. The summed E-state index contributed by atoms with van der Waals surface area (Å²) < 4.78 is 15.8. The highest BCUT2D eigenvalue weighted by Gasteiger charge is 2.38. The third kappa shape index (κ3) is 4.93. The van der Waals surface area contributed by atoms with Gasteiger partial charge >= 0.3 is 11.9 Å². The van der Waals surface area contributed by atoms with E-state index < -0.39 is 11.9 Å². The molecule has 1 aliphatic heterocycles. The van der Waals surface area contributed by atoms with Crippen LogP contribution in [0.3, 0.4) is 0 Å². The van der Waals surface area contributed by atoms with Gasteiger partial charge in [-0.15, -0.1) is 0 Å². The van der Waals surface area contributed by atoms with E-state index in [2.05, 4.69) is 4.74 Å². The Bertz CT molecular complexity index is 1050. The Morgan fingerprint density at radius 2 is 1.84 bits per heavy atom. The lowest BCUT2D eigenvalue weighted by molar-refractivity contribution is -0.141. The van der Waals surface area contributed by atoms with Crippen LogP contribution < -0.4 is 0 Å². The fraction of sp³-hybridized carbons (Fsp3) is 0.400. The van der Waals surface area contributed by atoms with E-state index in [0.717, 1.165) is 11.1 Å². The smallest absolute Gasteiger partial charge is 0.373 e. The van der Waals surface area contributed by atoms with Gasteiger partial charge in [-0.3, -0.25) is 4.79 Å². The highest BCUT2D eigenvalue weighted by molar-refractivity contribution is 5.96. The number of nitrogens with zero attached hydrogens (tertiary/aromatic N) is 1. The van der Waals surface area contributed by atoms with Gasteiger partial charge in [0.15, 0.2) is 0 Å². The first-order chi connectivity index (χ1) is 15.2. The van der Waals surface area contributed by atoms with Gasteiger partial charge in [-0.2, -0.15) is 0 Å². The number of aryl methyl sites for hydroxylation is 1. The normalized spacial score (nSPS) is 16.5. The molecule has 1 aromatic carbocycles. The number of allylic oxidation sites excluding steroid dienone is 1. The van der Waals surface area contributed by atoms with Gasteiger partial charge in [0.25, 0.3) is 0 Å². The minimum absolute atomic E-state index is 0.0583. The number of rotatable bonds is 7. The first-order valence-corrected chi connectivity index (χ1v) is 10.6.